The number of anilines is 1. The molecule has 1 heterocycles. The van der Waals surface area contributed by atoms with E-state index in [9.17, 15) is 22.8 Å². The fourth-order valence-electron chi connectivity index (χ4n) is 2.37. The Morgan fingerprint density at radius 3 is 2.32 bits per heavy atom. The van der Waals surface area contributed by atoms with Crippen LogP contribution in [0, 0.1) is 17.1 Å². The van der Waals surface area contributed by atoms with Crippen LogP contribution < -0.4 is 5.73 Å². The molecule has 0 saturated carbocycles. The molecule has 0 saturated heterocycles. The highest BCUT2D eigenvalue weighted by molar-refractivity contribution is 5.74. The third-order valence-corrected chi connectivity index (χ3v) is 3.57. The molecule has 1 aromatic heterocycles. The maximum Gasteiger partial charge on any atom is 0.416 e. The molecule has 0 unspecified atom stereocenters. The van der Waals surface area contributed by atoms with Gasteiger partial charge in [-0.15, -0.1) is 0 Å². The van der Waals surface area contributed by atoms with E-state index < -0.39 is 17.6 Å². The predicted molar refractivity (Wildman–Crippen MR) is 83.1 cm³/mol. The van der Waals surface area contributed by atoms with Gasteiger partial charge in [-0.1, -0.05) is 18.2 Å². The lowest BCUT2D eigenvalue weighted by atomic mass is 10.1. The van der Waals surface area contributed by atoms with Crippen molar-refractivity contribution in [3.8, 4) is 23.0 Å². The second-order valence-corrected chi connectivity index (χ2v) is 5.19. The summed E-state index contributed by atoms with van der Waals surface area (Å²) in [6.07, 6.45) is -4.46. The number of alkyl halides is 3. The Labute approximate surface area is 139 Å². The Morgan fingerprint density at radius 1 is 1.08 bits per heavy atom. The monoisotopic (exact) mass is 346 g/mol. The van der Waals surface area contributed by atoms with Crippen molar-refractivity contribution in [2.45, 2.75) is 6.18 Å². The Hall–Kier alpha value is -3.34. The van der Waals surface area contributed by atoms with Gasteiger partial charge in [0.1, 0.15) is 29.0 Å². The zero-order chi connectivity index (χ0) is 18.2. The van der Waals surface area contributed by atoms with Crippen LogP contribution in [-0.4, -0.2) is 9.78 Å². The SMILES string of the molecule is N#Cc1c(-c2ccc(C(F)(F)F)cc2)nn(-c2cccc(F)c2)c1N. The molecule has 0 aliphatic carbocycles. The summed E-state index contributed by atoms with van der Waals surface area (Å²) >= 11 is 0. The Kier molecular flexibility index (Phi) is 3.93. The highest BCUT2D eigenvalue weighted by Crippen LogP contribution is 2.33. The number of benzene rings is 2. The van der Waals surface area contributed by atoms with Gasteiger partial charge in [0.15, 0.2) is 0 Å². The van der Waals surface area contributed by atoms with Crippen LogP contribution in [-0.2, 0) is 6.18 Å². The number of nitrogens with zero attached hydrogens (tertiary/aromatic N) is 3. The van der Waals surface area contributed by atoms with E-state index in [1.807, 2.05) is 6.07 Å². The normalized spacial score (nSPS) is 11.3. The number of nitrogens with two attached hydrogens (primary N) is 1. The van der Waals surface area contributed by atoms with E-state index in [1.54, 1.807) is 6.07 Å². The lowest BCUT2D eigenvalue weighted by Crippen LogP contribution is -2.04. The number of nitrogen functional groups attached to an aromatic ring is 1. The lowest BCUT2D eigenvalue weighted by molar-refractivity contribution is -0.137. The third kappa shape index (κ3) is 3.04. The van der Waals surface area contributed by atoms with Gasteiger partial charge in [-0.25, -0.2) is 9.07 Å². The highest BCUT2D eigenvalue weighted by atomic mass is 19.4. The molecule has 0 amide bonds. The fraction of sp³-hybridized carbons (Fsp3) is 0.0588. The maximum absolute atomic E-state index is 13.4. The number of rotatable bonds is 2. The lowest BCUT2D eigenvalue weighted by Gasteiger charge is -2.06. The topological polar surface area (TPSA) is 67.6 Å². The number of hydrogen-bond donors (Lipinski definition) is 1. The fourth-order valence-corrected chi connectivity index (χ4v) is 2.37. The van der Waals surface area contributed by atoms with Crippen LogP contribution in [0.1, 0.15) is 11.1 Å². The number of nitriles is 1. The van der Waals surface area contributed by atoms with Gasteiger partial charge >= 0.3 is 6.18 Å². The first kappa shape index (κ1) is 16.5. The van der Waals surface area contributed by atoms with Gasteiger partial charge in [-0.2, -0.15) is 23.5 Å². The molecule has 2 N–H and O–H groups in total. The largest absolute Gasteiger partial charge is 0.416 e. The molecule has 2 aromatic carbocycles. The predicted octanol–water partition coefficient (Wildman–Crippen LogP) is 4.15. The van der Waals surface area contributed by atoms with Crippen molar-refractivity contribution in [2.75, 3.05) is 5.73 Å². The minimum absolute atomic E-state index is 0.00372. The van der Waals surface area contributed by atoms with Gasteiger partial charge in [0.05, 0.1) is 11.3 Å². The highest BCUT2D eigenvalue weighted by Gasteiger charge is 2.30. The van der Waals surface area contributed by atoms with Crippen molar-refractivity contribution in [2.24, 2.45) is 0 Å². The first-order valence-electron chi connectivity index (χ1n) is 7.03. The second-order valence-electron chi connectivity index (χ2n) is 5.19. The van der Waals surface area contributed by atoms with E-state index in [4.69, 9.17) is 5.73 Å². The molecule has 0 aliphatic rings. The molecule has 25 heavy (non-hydrogen) atoms. The van der Waals surface area contributed by atoms with Crippen LogP contribution in [0.2, 0.25) is 0 Å². The molecule has 0 spiro atoms. The summed E-state index contributed by atoms with van der Waals surface area (Å²) in [4.78, 5) is 0. The first-order valence-corrected chi connectivity index (χ1v) is 7.03. The molecule has 3 aromatic rings. The average molecular weight is 346 g/mol. The van der Waals surface area contributed by atoms with Gasteiger partial charge < -0.3 is 5.73 Å². The Morgan fingerprint density at radius 2 is 1.76 bits per heavy atom. The molecule has 0 aliphatic heterocycles. The van der Waals surface area contributed by atoms with Gasteiger partial charge in [-0.05, 0) is 30.3 Å². The van der Waals surface area contributed by atoms with E-state index in [2.05, 4.69) is 5.10 Å². The van der Waals surface area contributed by atoms with Crippen LogP contribution in [0.3, 0.4) is 0 Å². The van der Waals surface area contributed by atoms with Gasteiger partial charge in [0, 0.05) is 5.56 Å². The third-order valence-electron chi connectivity index (χ3n) is 3.57. The maximum atomic E-state index is 13.4. The van der Waals surface area contributed by atoms with Crippen molar-refractivity contribution in [3.05, 3.63) is 65.5 Å². The number of aromatic nitrogens is 2. The van der Waals surface area contributed by atoms with Crippen molar-refractivity contribution >= 4 is 5.82 Å². The molecule has 8 heteroatoms. The smallest absolute Gasteiger partial charge is 0.382 e. The quantitative estimate of drug-likeness (QED) is 0.709. The summed E-state index contributed by atoms with van der Waals surface area (Å²) in [6.45, 7) is 0. The summed E-state index contributed by atoms with van der Waals surface area (Å²) in [7, 11) is 0. The molecule has 4 nitrogen and oxygen atoms in total. The zero-order valence-electron chi connectivity index (χ0n) is 12.5. The molecule has 3 rings (SSSR count). The summed E-state index contributed by atoms with van der Waals surface area (Å²) < 4.78 is 52.6. The van der Waals surface area contributed by atoms with Crippen molar-refractivity contribution in [1.82, 2.24) is 9.78 Å². The molecule has 126 valence electrons. The molecule has 0 radical (unpaired) electrons. The minimum Gasteiger partial charge on any atom is -0.382 e. The summed E-state index contributed by atoms with van der Waals surface area (Å²) in [5, 5.41) is 13.5. The van der Waals surface area contributed by atoms with Gasteiger partial charge in [0.25, 0.3) is 0 Å². The van der Waals surface area contributed by atoms with E-state index in [-0.39, 0.29) is 17.1 Å². The van der Waals surface area contributed by atoms with E-state index in [0.717, 1.165) is 12.1 Å². The zero-order valence-corrected chi connectivity index (χ0v) is 12.5. The Bertz CT molecular complexity index is 966. The standard InChI is InChI=1S/C17H10F4N4/c18-12-2-1-3-13(8-12)25-16(23)14(9-22)15(24-25)10-4-6-11(7-5-10)17(19,20)21/h1-8H,23H2. The average Bonchev–Trinajstić information content (AvgIpc) is 2.91. The van der Waals surface area contributed by atoms with E-state index >= 15 is 0 Å². The van der Waals surface area contributed by atoms with Crippen molar-refractivity contribution in [3.63, 3.8) is 0 Å². The summed E-state index contributed by atoms with van der Waals surface area (Å²) in [6, 6.07) is 11.5. The molecular weight excluding hydrogens is 336 g/mol. The second kappa shape index (κ2) is 5.94. The summed E-state index contributed by atoms with van der Waals surface area (Å²) in [5.41, 5.74) is 5.82. The van der Waals surface area contributed by atoms with Crippen molar-refractivity contribution in [1.29, 1.82) is 5.26 Å². The van der Waals surface area contributed by atoms with Crippen LogP contribution in [0.15, 0.2) is 48.5 Å². The Balaban J connectivity index is 2.12. The van der Waals surface area contributed by atoms with Crippen LogP contribution in [0.4, 0.5) is 23.4 Å². The molecular formula is C17H10F4N4. The van der Waals surface area contributed by atoms with Crippen molar-refractivity contribution < 1.29 is 17.6 Å². The summed E-state index contributed by atoms with van der Waals surface area (Å²) in [5.74, 6) is -0.537. The molecule has 0 atom stereocenters. The van der Waals surface area contributed by atoms with Gasteiger partial charge in [-0.3, -0.25) is 0 Å². The van der Waals surface area contributed by atoms with Gasteiger partial charge in [0.2, 0.25) is 0 Å². The first-order chi connectivity index (χ1) is 11.8. The van der Waals surface area contributed by atoms with E-state index in [0.29, 0.717) is 11.3 Å². The molecule has 0 fully saturated rings. The molecule has 0 bridgehead atoms. The number of hydrogen-bond acceptors (Lipinski definition) is 3. The van der Waals surface area contributed by atoms with Crippen LogP contribution in [0.25, 0.3) is 16.9 Å². The number of halogens is 4. The minimum atomic E-state index is -4.46. The van der Waals surface area contributed by atoms with Crippen LogP contribution in [0.5, 0.6) is 0 Å². The van der Waals surface area contributed by atoms with Crippen LogP contribution >= 0.6 is 0 Å². The van der Waals surface area contributed by atoms with E-state index in [1.165, 1.54) is 35.0 Å².